The third kappa shape index (κ3) is 5.66. The van der Waals surface area contributed by atoms with E-state index < -0.39 is 5.97 Å². The van der Waals surface area contributed by atoms with E-state index in [1.165, 1.54) is 10.6 Å². The van der Waals surface area contributed by atoms with E-state index in [-0.39, 0.29) is 23.2 Å². The van der Waals surface area contributed by atoms with Crippen molar-refractivity contribution in [1.82, 2.24) is 9.47 Å². The number of hydrogen-bond donors (Lipinski definition) is 2. The Kier molecular flexibility index (Phi) is 7.65. The van der Waals surface area contributed by atoms with Crippen LogP contribution in [0.3, 0.4) is 0 Å². The topological polar surface area (TPSA) is 84.2 Å². The minimum atomic E-state index is -0.484. The van der Waals surface area contributed by atoms with E-state index >= 15 is 0 Å². The fraction of sp³-hybridized carbons (Fsp3) is 0.346. The molecule has 0 radical (unpaired) electrons. The molecule has 7 nitrogen and oxygen atoms in total. The molecule has 1 aliphatic heterocycles. The Morgan fingerprint density at radius 2 is 1.97 bits per heavy atom. The average molecular weight is 485 g/mol. The number of ether oxygens (including phenoxy) is 2. The number of benzene rings is 2. The molecule has 1 aliphatic rings. The summed E-state index contributed by atoms with van der Waals surface area (Å²) in [5.41, 5.74) is 1.17. The highest BCUT2D eigenvalue weighted by Gasteiger charge is 2.24. The van der Waals surface area contributed by atoms with Gasteiger partial charge in [0.25, 0.3) is 0 Å². The molecule has 2 heterocycles. The van der Waals surface area contributed by atoms with Crippen LogP contribution >= 0.6 is 11.6 Å². The van der Waals surface area contributed by atoms with Crippen molar-refractivity contribution in [3.63, 3.8) is 0 Å². The van der Waals surface area contributed by atoms with Gasteiger partial charge in [-0.25, -0.2) is 4.79 Å². The molecule has 8 heteroatoms. The molecule has 1 aromatic heterocycles. The maximum absolute atomic E-state index is 12.9. The highest BCUT2D eigenvalue weighted by atomic mass is 35.5. The van der Waals surface area contributed by atoms with E-state index in [1.54, 1.807) is 37.3 Å². The molecule has 2 N–H and O–H groups in total. The van der Waals surface area contributed by atoms with Crippen molar-refractivity contribution in [2.24, 2.45) is 5.92 Å². The summed E-state index contributed by atoms with van der Waals surface area (Å²) in [7, 11) is 0. The van der Waals surface area contributed by atoms with Crippen molar-refractivity contribution < 1.29 is 24.5 Å². The quantitative estimate of drug-likeness (QED) is 0.447. The molecular weight excluding hydrogens is 456 g/mol. The van der Waals surface area contributed by atoms with Crippen molar-refractivity contribution in [1.29, 1.82) is 0 Å². The van der Waals surface area contributed by atoms with Crippen LogP contribution in [0.25, 0.3) is 5.69 Å². The molecule has 1 atom stereocenters. The second-order valence-electron chi connectivity index (χ2n) is 8.57. The SMILES string of the molecule is Cc1cc(O)n(-c2ccccc2C(=O)OCC2CCCN(CCOc3cccc(Cl)c3)C2)c1O. The number of aryl methyl sites for hydroxylation is 1. The second kappa shape index (κ2) is 10.8. The van der Waals surface area contributed by atoms with E-state index in [0.717, 1.165) is 38.2 Å². The number of likely N-dealkylation sites (tertiary alicyclic amines) is 1. The van der Waals surface area contributed by atoms with Crippen molar-refractivity contribution in [3.05, 3.63) is 70.7 Å². The number of carbonyl (C=O) groups excluding carboxylic acids is 1. The summed E-state index contributed by atoms with van der Waals surface area (Å²) >= 11 is 6.00. The third-order valence-electron chi connectivity index (χ3n) is 6.03. The molecule has 1 unspecified atom stereocenters. The third-order valence-corrected chi connectivity index (χ3v) is 6.26. The van der Waals surface area contributed by atoms with E-state index in [9.17, 15) is 15.0 Å². The van der Waals surface area contributed by atoms with E-state index in [1.807, 2.05) is 18.2 Å². The Labute approximate surface area is 204 Å². The van der Waals surface area contributed by atoms with E-state index in [2.05, 4.69) is 4.90 Å². The molecule has 2 aromatic carbocycles. The first-order valence-electron chi connectivity index (χ1n) is 11.4. The fourth-order valence-corrected chi connectivity index (χ4v) is 4.48. The fourth-order valence-electron chi connectivity index (χ4n) is 4.30. The van der Waals surface area contributed by atoms with Gasteiger partial charge in [0, 0.05) is 35.7 Å². The maximum atomic E-state index is 12.9. The first kappa shape index (κ1) is 24.0. The van der Waals surface area contributed by atoms with Gasteiger partial charge in [-0.15, -0.1) is 0 Å². The van der Waals surface area contributed by atoms with Crippen molar-refractivity contribution in [2.75, 3.05) is 32.8 Å². The van der Waals surface area contributed by atoms with Crippen molar-refractivity contribution >= 4 is 17.6 Å². The van der Waals surface area contributed by atoms with Crippen LogP contribution in [0.15, 0.2) is 54.6 Å². The summed E-state index contributed by atoms with van der Waals surface area (Å²) in [6.07, 6.45) is 2.01. The monoisotopic (exact) mass is 484 g/mol. The first-order valence-corrected chi connectivity index (χ1v) is 11.8. The number of piperidine rings is 1. The molecule has 0 bridgehead atoms. The predicted octanol–water partition coefficient (Wildman–Crippen LogP) is 4.80. The number of carbonyl (C=O) groups is 1. The molecule has 3 aromatic rings. The van der Waals surface area contributed by atoms with Crippen LogP contribution in [0.4, 0.5) is 0 Å². The lowest BCUT2D eigenvalue weighted by atomic mass is 9.99. The normalized spacial score (nSPS) is 16.4. The molecule has 180 valence electrons. The highest BCUT2D eigenvalue weighted by Crippen LogP contribution is 2.32. The Bertz CT molecular complexity index is 1150. The molecule has 0 spiro atoms. The number of nitrogens with zero attached hydrogens (tertiary/aromatic N) is 2. The van der Waals surface area contributed by atoms with Crippen LogP contribution in [0.1, 0.15) is 28.8 Å². The Hall–Kier alpha value is -3.16. The van der Waals surface area contributed by atoms with Crippen LogP contribution in [0.5, 0.6) is 17.5 Å². The summed E-state index contributed by atoms with van der Waals surface area (Å²) in [6, 6.07) is 15.6. The largest absolute Gasteiger partial charge is 0.494 e. The van der Waals surface area contributed by atoms with Crippen LogP contribution < -0.4 is 4.74 Å². The maximum Gasteiger partial charge on any atom is 0.340 e. The second-order valence-corrected chi connectivity index (χ2v) is 9.01. The highest BCUT2D eigenvalue weighted by molar-refractivity contribution is 6.30. The first-order chi connectivity index (χ1) is 16.4. The smallest absolute Gasteiger partial charge is 0.340 e. The molecule has 34 heavy (non-hydrogen) atoms. The van der Waals surface area contributed by atoms with Crippen LogP contribution in [-0.4, -0.2) is 58.5 Å². The number of halogens is 1. The molecule has 4 rings (SSSR count). The van der Waals surface area contributed by atoms with Gasteiger partial charge in [-0.1, -0.05) is 29.8 Å². The van der Waals surface area contributed by atoms with Crippen molar-refractivity contribution in [2.45, 2.75) is 19.8 Å². The lowest BCUT2D eigenvalue weighted by Crippen LogP contribution is -2.39. The number of hydrogen-bond acceptors (Lipinski definition) is 6. The standard InChI is InChI=1S/C26H29ClN2O5/c1-18-14-24(30)29(25(18)31)23-10-3-2-9-22(23)26(32)34-17-19-6-5-11-28(16-19)12-13-33-21-8-4-7-20(27)15-21/h2-4,7-10,14-15,19,30-31H,5-6,11-13,16-17H2,1H3. The van der Waals surface area contributed by atoms with Gasteiger partial charge in [-0.3, -0.25) is 9.47 Å². The lowest BCUT2D eigenvalue weighted by Gasteiger charge is -2.32. The van der Waals surface area contributed by atoms with Gasteiger partial charge in [0.2, 0.25) is 5.88 Å². The van der Waals surface area contributed by atoms with Gasteiger partial charge in [-0.2, -0.15) is 0 Å². The Morgan fingerprint density at radius 1 is 1.15 bits per heavy atom. The van der Waals surface area contributed by atoms with Gasteiger partial charge in [0.15, 0.2) is 5.88 Å². The molecule has 1 fully saturated rings. The van der Waals surface area contributed by atoms with Gasteiger partial charge < -0.3 is 19.7 Å². The summed E-state index contributed by atoms with van der Waals surface area (Å²) in [6.45, 7) is 5.14. The molecular formula is C26H29ClN2O5. The van der Waals surface area contributed by atoms with Crippen LogP contribution in [0.2, 0.25) is 5.02 Å². The number of aromatic nitrogens is 1. The zero-order chi connectivity index (χ0) is 24.1. The van der Waals surface area contributed by atoms with Crippen LogP contribution in [-0.2, 0) is 4.74 Å². The van der Waals surface area contributed by atoms with E-state index in [4.69, 9.17) is 21.1 Å². The van der Waals surface area contributed by atoms with Crippen LogP contribution in [0, 0.1) is 12.8 Å². The Balaban J connectivity index is 1.32. The molecule has 1 saturated heterocycles. The average Bonchev–Trinajstić information content (AvgIpc) is 3.08. The van der Waals surface area contributed by atoms with Crippen molar-refractivity contribution in [3.8, 4) is 23.2 Å². The zero-order valence-electron chi connectivity index (χ0n) is 19.1. The Morgan fingerprint density at radius 3 is 2.74 bits per heavy atom. The van der Waals surface area contributed by atoms with Gasteiger partial charge >= 0.3 is 5.97 Å². The zero-order valence-corrected chi connectivity index (χ0v) is 19.9. The number of rotatable bonds is 8. The van der Waals surface area contributed by atoms with Gasteiger partial charge in [-0.05, 0) is 56.6 Å². The molecule has 0 saturated carbocycles. The molecule has 0 amide bonds. The summed E-state index contributed by atoms with van der Waals surface area (Å²) in [4.78, 5) is 15.2. The predicted molar refractivity (Wildman–Crippen MR) is 130 cm³/mol. The van der Waals surface area contributed by atoms with E-state index in [0.29, 0.717) is 29.5 Å². The summed E-state index contributed by atoms with van der Waals surface area (Å²) in [5.74, 6) is 0.247. The molecule has 0 aliphatic carbocycles. The van der Waals surface area contributed by atoms with Gasteiger partial charge in [0.05, 0.1) is 17.9 Å². The number of para-hydroxylation sites is 1. The minimum absolute atomic E-state index is 0.110. The minimum Gasteiger partial charge on any atom is -0.494 e. The van der Waals surface area contributed by atoms with Gasteiger partial charge in [0.1, 0.15) is 12.4 Å². The number of aromatic hydroxyl groups is 2. The summed E-state index contributed by atoms with van der Waals surface area (Å²) in [5, 5.41) is 21.2. The summed E-state index contributed by atoms with van der Waals surface area (Å²) < 4.78 is 12.7. The number of esters is 1. The lowest BCUT2D eigenvalue weighted by molar-refractivity contribution is 0.0344.